The smallest absolute Gasteiger partial charge is 0.258 e. The molecule has 1 saturated heterocycles. The molecule has 0 aliphatic carbocycles. The van der Waals surface area contributed by atoms with Gasteiger partial charge in [0.05, 0.1) is 11.6 Å². The fraction of sp³-hybridized carbons (Fsp3) is 0.333. The predicted molar refractivity (Wildman–Crippen MR) is 65.5 cm³/mol. The standard InChI is InChI=1S/C12H14FN3O3/c13-7-3-4-8(10(17)6-7)12(18)16-5-1-2-9(16)11(14)15-19/h3-4,6,9,17,19H,1-2,5H2,(H2,14,15). The van der Waals surface area contributed by atoms with Crippen molar-refractivity contribution >= 4 is 11.7 Å². The van der Waals surface area contributed by atoms with Crippen LogP contribution in [0.5, 0.6) is 5.75 Å². The van der Waals surface area contributed by atoms with Gasteiger partial charge >= 0.3 is 0 Å². The molecule has 1 unspecified atom stereocenters. The summed E-state index contributed by atoms with van der Waals surface area (Å²) in [5.74, 6) is -1.56. The third-order valence-corrected chi connectivity index (χ3v) is 3.16. The molecule has 1 fully saturated rings. The first kappa shape index (κ1) is 13.1. The van der Waals surface area contributed by atoms with Crippen LogP contribution in [0.15, 0.2) is 23.4 Å². The quantitative estimate of drug-likeness (QED) is 0.320. The average molecular weight is 267 g/mol. The van der Waals surface area contributed by atoms with Crippen molar-refractivity contribution in [2.75, 3.05) is 6.54 Å². The molecular weight excluding hydrogens is 253 g/mol. The van der Waals surface area contributed by atoms with Crippen molar-refractivity contribution in [2.24, 2.45) is 10.9 Å². The number of halogens is 1. The van der Waals surface area contributed by atoms with Crippen molar-refractivity contribution in [1.82, 2.24) is 4.90 Å². The normalized spacial score (nSPS) is 19.7. The summed E-state index contributed by atoms with van der Waals surface area (Å²) < 4.78 is 12.9. The van der Waals surface area contributed by atoms with Crippen LogP contribution in [-0.4, -0.2) is 39.5 Å². The molecular formula is C12H14FN3O3. The molecule has 1 heterocycles. The zero-order valence-electron chi connectivity index (χ0n) is 10.1. The van der Waals surface area contributed by atoms with Gasteiger partial charge in [0, 0.05) is 12.6 Å². The van der Waals surface area contributed by atoms with Crippen LogP contribution in [0.4, 0.5) is 4.39 Å². The summed E-state index contributed by atoms with van der Waals surface area (Å²) in [6.07, 6.45) is 1.30. The molecule has 1 aromatic carbocycles. The van der Waals surface area contributed by atoms with E-state index in [1.54, 1.807) is 0 Å². The molecule has 7 heteroatoms. The Labute approximate surface area is 108 Å². The van der Waals surface area contributed by atoms with Crippen LogP contribution >= 0.6 is 0 Å². The molecule has 102 valence electrons. The first-order valence-electron chi connectivity index (χ1n) is 5.81. The Bertz CT molecular complexity index is 533. The lowest BCUT2D eigenvalue weighted by molar-refractivity contribution is 0.0765. The summed E-state index contributed by atoms with van der Waals surface area (Å²) in [6.45, 7) is 0.441. The minimum Gasteiger partial charge on any atom is -0.507 e. The van der Waals surface area contributed by atoms with Crippen molar-refractivity contribution in [3.63, 3.8) is 0 Å². The highest BCUT2D eigenvalue weighted by Gasteiger charge is 2.33. The van der Waals surface area contributed by atoms with Crippen LogP contribution in [0.25, 0.3) is 0 Å². The van der Waals surface area contributed by atoms with Crippen molar-refractivity contribution < 1.29 is 19.5 Å². The number of amides is 1. The number of phenolic OH excluding ortho intramolecular Hbond substituents is 1. The number of carbonyl (C=O) groups is 1. The number of nitrogens with zero attached hydrogens (tertiary/aromatic N) is 2. The molecule has 4 N–H and O–H groups in total. The van der Waals surface area contributed by atoms with Crippen LogP contribution in [-0.2, 0) is 0 Å². The molecule has 1 aliphatic rings. The van der Waals surface area contributed by atoms with E-state index < -0.39 is 23.5 Å². The van der Waals surface area contributed by atoms with Crippen molar-refractivity contribution in [3.8, 4) is 5.75 Å². The predicted octanol–water partition coefficient (Wildman–Crippen LogP) is 0.882. The van der Waals surface area contributed by atoms with Gasteiger partial charge in [-0.3, -0.25) is 4.79 Å². The van der Waals surface area contributed by atoms with E-state index in [1.165, 1.54) is 11.0 Å². The van der Waals surface area contributed by atoms with Gasteiger partial charge in [-0.1, -0.05) is 5.16 Å². The van der Waals surface area contributed by atoms with Crippen LogP contribution < -0.4 is 5.73 Å². The molecule has 1 atom stereocenters. The third kappa shape index (κ3) is 2.44. The summed E-state index contributed by atoms with van der Waals surface area (Å²) in [7, 11) is 0. The highest BCUT2D eigenvalue weighted by Crippen LogP contribution is 2.25. The molecule has 0 aromatic heterocycles. The first-order valence-corrected chi connectivity index (χ1v) is 5.81. The summed E-state index contributed by atoms with van der Waals surface area (Å²) in [4.78, 5) is 13.7. The number of benzene rings is 1. The topological polar surface area (TPSA) is 99.2 Å². The van der Waals surface area contributed by atoms with Crippen molar-refractivity contribution in [1.29, 1.82) is 0 Å². The van der Waals surface area contributed by atoms with E-state index in [0.717, 1.165) is 12.1 Å². The van der Waals surface area contributed by atoms with E-state index in [0.29, 0.717) is 19.4 Å². The van der Waals surface area contributed by atoms with E-state index in [9.17, 15) is 14.3 Å². The summed E-state index contributed by atoms with van der Waals surface area (Å²) in [5.41, 5.74) is 5.53. The monoisotopic (exact) mass is 267 g/mol. The van der Waals surface area contributed by atoms with Crippen LogP contribution in [0, 0.1) is 5.82 Å². The van der Waals surface area contributed by atoms with Gasteiger partial charge in [-0.05, 0) is 25.0 Å². The number of rotatable bonds is 2. The molecule has 19 heavy (non-hydrogen) atoms. The second kappa shape index (κ2) is 5.13. The SMILES string of the molecule is N/C(=N/O)C1CCCN1C(=O)c1ccc(F)cc1O. The van der Waals surface area contributed by atoms with Gasteiger partial charge < -0.3 is 20.9 Å². The highest BCUT2D eigenvalue weighted by atomic mass is 19.1. The second-order valence-corrected chi connectivity index (χ2v) is 4.34. The fourth-order valence-corrected chi connectivity index (χ4v) is 2.22. The molecule has 6 nitrogen and oxygen atoms in total. The van der Waals surface area contributed by atoms with Crippen LogP contribution in [0.3, 0.4) is 0 Å². The number of oxime groups is 1. The summed E-state index contributed by atoms with van der Waals surface area (Å²) >= 11 is 0. The van der Waals surface area contributed by atoms with E-state index >= 15 is 0 Å². The van der Waals surface area contributed by atoms with E-state index in [4.69, 9.17) is 10.9 Å². The number of nitrogens with two attached hydrogens (primary N) is 1. The molecule has 2 rings (SSSR count). The van der Waals surface area contributed by atoms with E-state index in [1.807, 2.05) is 0 Å². The molecule has 1 amide bonds. The summed E-state index contributed by atoms with van der Waals surface area (Å²) in [6, 6.07) is 2.69. The number of phenols is 1. The van der Waals surface area contributed by atoms with Gasteiger partial charge in [0.1, 0.15) is 11.6 Å². The Morgan fingerprint density at radius 3 is 2.89 bits per heavy atom. The first-order chi connectivity index (χ1) is 9.04. The largest absolute Gasteiger partial charge is 0.507 e. The maximum Gasteiger partial charge on any atom is 0.258 e. The van der Waals surface area contributed by atoms with Gasteiger partial charge in [0.2, 0.25) is 0 Å². The average Bonchev–Trinajstić information content (AvgIpc) is 2.86. The Morgan fingerprint density at radius 2 is 2.26 bits per heavy atom. The van der Waals surface area contributed by atoms with E-state index in [-0.39, 0.29) is 11.4 Å². The zero-order valence-corrected chi connectivity index (χ0v) is 10.1. The Balaban J connectivity index is 2.28. The van der Waals surface area contributed by atoms with Gasteiger partial charge in [-0.25, -0.2) is 4.39 Å². The Kier molecular flexibility index (Phi) is 3.55. The van der Waals surface area contributed by atoms with E-state index in [2.05, 4.69) is 5.16 Å². The minimum atomic E-state index is -0.622. The van der Waals surface area contributed by atoms with Gasteiger partial charge in [0.15, 0.2) is 5.84 Å². The molecule has 0 bridgehead atoms. The minimum absolute atomic E-state index is 0.000889. The number of hydrogen-bond donors (Lipinski definition) is 3. The summed E-state index contributed by atoms with van der Waals surface area (Å²) in [5, 5.41) is 21.2. The van der Waals surface area contributed by atoms with Crippen molar-refractivity contribution in [2.45, 2.75) is 18.9 Å². The maximum absolute atomic E-state index is 12.9. The lowest BCUT2D eigenvalue weighted by Crippen LogP contribution is -2.43. The zero-order chi connectivity index (χ0) is 14.0. The van der Waals surface area contributed by atoms with Gasteiger partial charge in [0.25, 0.3) is 5.91 Å². The second-order valence-electron chi connectivity index (χ2n) is 4.34. The Morgan fingerprint density at radius 1 is 1.53 bits per heavy atom. The number of carbonyl (C=O) groups excluding carboxylic acids is 1. The number of hydrogen-bond acceptors (Lipinski definition) is 4. The maximum atomic E-state index is 12.9. The van der Waals surface area contributed by atoms with Crippen LogP contribution in [0.1, 0.15) is 23.2 Å². The number of likely N-dealkylation sites (tertiary alicyclic amines) is 1. The van der Waals surface area contributed by atoms with Crippen LogP contribution in [0.2, 0.25) is 0 Å². The fourth-order valence-electron chi connectivity index (χ4n) is 2.22. The lowest BCUT2D eigenvalue weighted by Gasteiger charge is -2.23. The number of aromatic hydroxyl groups is 1. The molecule has 0 saturated carbocycles. The molecule has 0 spiro atoms. The van der Waals surface area contributed by atoms with Gasteiger partial charge in [-0.15, -0.1) is 0 Å². The molecule has 0 radical (unpaired) electrons. The highest BCUT2D eigenvalue weighted by molar-refractivity contribution is 6.00. The lowest BCUT2D eigenvalue weighted by atomic mass is 10.1. The third-order valence-electron chi connectivity index (χ3n) is 3.16. The van der Waals surface area contributed by atoms with Crippen molar-refractivity contribution in [3.05, 3.63) is 29.6 Å². The molecule has 1 aliphatic heterocycles. The Hall–Kier alpha value is -2.31. The van der Waals surface area contributed by atoms with Gasteiger partial charge in [-0.2, -0.15) is 0 Å². The molecule has 1 aromatic rings. The number of amidine groups is 1.